The number of esters is 1. The Hall–Kier alpha value is -3.01. The maximum atomic E-state index is 11.9. The molecule has 0 radical (unpaired) electrons. The molecule has 114 valence electrons. The van der Waals surface area contributed by atoms with Crippen LogP contribution in [0.2, 0.25) is 0 Å². The van der Waals surface area contributed by atoms with Gasteiger partial charge in [-0.05, 0) is 24.6 Å². The van der Waals surface area contributed by atoms with Gasteiger partial charge in [-0.15, -0.1) is 0 Å². The molecular weight excluding hydrogens is 288 g/mol. The molecule has 1 aromatic heterocycles. The summed E-state index contributed by atoms with van der Waals surface area (Å²) >= 11 is 0. The van der Waals surface area contributed by atoms with E-state index in [1.165, 1.54) is 20.4 Å². The molecule has 0 aliphatic heterocycles. The van der Waals surface area contributed by atoms with Gasteiger partial charge in [-0.3, -0.25) is 9.36 Å². The smallest absolute Gasteiger partial charge is 0.416 e. The summed E-state index contributed by atoms with van der Waals surface area (Å²) in [5.41, 5.74) is 1.37. The fourth-order valence-electron chi connectivity index (χ4n) is 2.51. The van der Waals surface area contributed by atoms with Gasteiger partial charge in [0.1, 0.15) is 5.75 Å². The molecule has 0 amide bonds. The highest BCUT2D eigenvalue weighted by Gasteiger charge is 2.29. The summed E-state index contributed by atoms with van der Waals surface area (Å²) in [5.74, 6) is -1.59. The Kier molecular flexibility index (Phi) is 4.04. The molecule has 2 aromatic rings. The first-order chi connectivity index (χ1) is 10.5. The van der Waals surface area contributed by atoms with Crippen molar-refractivity contribution in [3.63, 3.8) is 0 Å². The van der Waals surface area contributed by atoms with Gasteiger partial charge in [0.05, 0.1) is 25.8 Å². The number of carboxylic acid groups (broad SMARTS) is 1. The van der Waals surface area contributed by atoms with Crippen LogP contribution in [0.1, 0.15) is 17.0 Å². The molecule has 1 N–H and O–H groups in total. The van der Waals surface area contributed by atoms with Gasteiger partial charge >= 0.3 is 12.1 Å². The number of carbonyl (C=O) groups excluding carboxylic acids is 1. The van der Waals surface area contributed by atoms with Crippen molar-refractivity contribution in [3.05, 3.63) is 29.5 Å². The minimum absolute atomic E-state index is 0.303. The Bertz CT molecular complexity index is 800. The normalized spacial score (nSPS) is 11.7. The summed E-state index contributed by atoms with van der Waals surface area (Å²) in [4.78, 5) is 23.2. The number of ether oxygens (including phenoxy) is 2. The first kappa shape index (κ1) is 15.4. The molecule has 1 atom stereocenters. The average Bonchev–Trinajstić information content (AvgIpc) is 2.95. The Morgan fingerprint density at radius 1 is 1.41 bits per heavy atom. The van der Waals surface area contributed by atoms with E-state index < -0.39 is 18.0 Å². The van der Waals surface area contributed by atoms with Gasteiger partial charge in [0, 0.05) is 17.1 Å². The molecule has 0 saturated carbocycles. The number of methoxy groups -OCH3 is 2. The van der Waals surface area contributed by atoms with Crippen molar-refractivity contribution in [2.45, 2.75) is 12.8 Å². The zero-order valence-electron chi connectivity index (χ0n) is 12.3. The highest BCUT2D eigenvalue weighted by Crippen LogP contribution is 2.37. The third kappa shape index (κ3) is 2.24. The van der Waals surface area contributed by atoms with Crippen molar-refractivity contribution >= 4 is 23.0 Å². The van der Waals surface area contributed by atoms with Crippen molar-refractivity contribution in [1.82, 2.24) is 4.57 Å². The van der Waals surface area contributed by atoms with E-state index in [0.29, 0.717) is 27.8 Å². The molecule has 0 spiro atoms. The highest BCUT2D eigenvalue weighted by molar-refractivity contribution is 5.98. The van der Waals surface area contributed by atoms with Gasteiger partial charge in [-0.2, -0.15) is 5.26 Å². The Labute approximate surface area is 126 Å². The Morgan fingerprint density at radius 2 is 2.09 bits per heavy atom. The van der Waals surface area contributed by atoms with Gasteiger partial charge in [-0.1, -0.05) is 0 Å². The summed E-state index contributed by atoms with van der Waals surface area (Å²) in [6.45, 7) is 1.73. The van der Waals surface area contributed by atoms with E-state index in [4.69, 9.17) is 4.74 Å². The molecule has 1 aromatic carbocycles. The van der Waals surface area contributed by atoms with Crippen LogP contribution in [-0.4, -0.2) is 36.0 Å². The molecule has 22 heavy (non-hydrogen) atoms. The molecule has 1 unspecified atom stereocenters. The van der Waals surface area contributed by atoms with E-state index in [1.54, 1.807) is 19.1 Å². The predicted octanol–water partition coefficient (Wildman–Crippen LogP) is 2.26. The molecule has 2 rings (SSSR count). The van der Waals surface area contributed by atoms with Crippen LogP contribution in [0.4, 0.5) is 4.79 Å². The molecule has 1 heterocycles. The van der Waals surface area contributed by atoms with Gasteiger partial charge in [-0.25, -0.2) is 4.79 Å². The Morgan fingerprint density at radius 3 is 2.59 bits per heavy atom. The van der Waals surface area contributed by atoms with Gasteiger partial charge in [0.15, 0.2) is 5.92 Å². The number of hydrogen-bond acceptors (Lipinski definition) is 5. The SMILES string of the molecule is COC(=O)C(C#N)c1c(OC)cc(C)c2c1ccn2C(=O)O. The highest BCUT2D eigenvalue weighted by atomic mass is 16.5. The molecule has 0 aliphatic carbocycles. The minimum atomic E-state index is -1.20. The van der Waals surface area contributed by atoms with E-state index in [9.17, 15) is 20.0 Å². The van der Waals surface area contributed by atoms with Crippen molar-refractivity contribution in [2.75, 3.05) is 14.2 Å². The van der Waals surface area contributed by atoms with Gasteiger partial charge in [0.2, 0.25) is 0 Å². The lowest BCUT2D eigenvalue weighted by molar-refractivity contribution is -0.141. The van der Waals surface area contributed by atoms with Crippen molar-refractivity contribution < 1.29 is 24.2 Å². The maximum Gasteiger partial charge on any atom is 0.416 e. The number of nitriles is 1. The number of fused-ring (bicyclic) bond motifs is 1. The molecule has 7 nitrogen and oxygen atoms in total. The predicted molar refractivity (Wildman–Crippen MR) is 77.0 cm³/mol. The van der Waals surface area contributed by atoms with Crippen molar-refractivity contribution in [3.8, 4) is 11.8 Å². The average molecular weight is 302 g/mol. The third-order valence-corrected chi connectivity index (χ3v) is 3.44. The van der Waals surface area contributed by atoms with Crippen LogP contribution in [0.15, 0.2) is 18.3 Å². The topological polar surface area (TPSA) is 102 Å². The molecule has 0 fully saturated rings. The van der Waals surface area contributed by atoms with Crippen LogP contribution in [0.5, 0.6) is 5.75 Å². The summed E-state index contributed by atoms with van der Waals surface area (Å²) < 4.78 is 11.0. The zero-order chi connectivity index (χ0) is 16.4. The first-order valence-electron chi connectivity index (χ1n) is 6.35. The van der Waals surface area contributed by atoms with E-state index >= 15 is 0 Å². The van der Waals surface area contributed by atoms with E-state index in [2.05, 4.69) is 4.74 Å². The summed E-state index contributed by atoms with van der Waals surface area (Å²) in [6.07, 6.45) is 0.218. The first-order valence-corrected chi connectivity index (χ1v) is 6.35. The van der Waals surface area contributed by atoms with E-state index in [0.717, 1.165) is 4.57 Å². The van der Waals surface area contributed by atoms with Crippen LogP contribution in [0, 0.1) is 18.3 Å². The van der Waals surface area contributed by atoms with Crippen LogP contribution in [0.25, 0.3) is 10.9 Å². The van der Waals surface area contributed by atoms with Crippen molar-refractivity contribution in [1.29, 1.82) is 5.26 Å². The lowest BCUT2D eigenvalue weighted by Gasteiger charge is -2.15. The zero-order valence-corrected chi connectivity index (χ0v) is 12.3. The number of rotatable bonds is 3. The largest absolute Gasteiger partial charge is 0.496 e. The van der Waals surface area contributed by atoms with E-state index in [1.807, 2.05) is 6.07 Å². The number of hydrogen-bond donors (Lipinski definition) is 1. The minimum Gasteiger partial charge on any atom is -0.496 e. The van der Waals surface area contributed by atoms with Gasteiger partial charge < -0.3 is 14.6 Å². The van der Waals surface area contributed by atoms with Crippen LogP contribution >= 0.6 is 0 Å². The fourth-order valence-corrected chi connectivity index (χ4v) is 2.51. The second kappa shape index (κ2) is 5.77. The molecule has 0 aliphatic rings. The number of aromatic nitrogens is 1. The molecular formula is C15H14N2O5. The Balaban J connectivity index is 2.88. The lowest BCUT2D eigenvalue weighted by atomic mass is 9.94. The standard InChI is InChI=1S/C15H14N2O5/c1-8-6-11(21-2)12(10(7-16)14(18)22-3)9-4-5-17(13(8)9)15(19)20/h4-6,10H,1-3H3,(H,19,20). The third-order valence-electron chi connectivity index (χ3n) is 3.44. The fraction of sp³-hybridized carbons (Fsp3) is 0.267. The maximum absolute atomic E-state index is 11.9. The van der Waals surface area contributed by atoms with Crippen LogP contribution in [0.3, 0.4) is 0 Å². The number of benzene rings is 1. The number of nitrogens with zero attached hydrogens (tertiary/aromatic N) is 2. The number of carbonyl (C=O) groups is 2. The lowest BCUT2D eigenvalue weighted by Crippen LogP contribution is -2.14. The van der Waals surface area contributed by atoms with Crippen molar-refractivity contribution in [2.24, 2.45) is 0 Å². The van der Waals surface area contributed by atoms with Gasteiger partial charge in [0.25, 0.3) is 0 Å². The summed E-state index contributed by atoms with van der Waals surface area (Å²) in [7, 11) is 2.61. The van der Waals surface area contributed by atoms with Crippen LogP contribution < -0.4 is 4.74 Å². The summed E-state index contributed by atoms with van der Waals surface area (Å²) in [6, 6.07) is 5.03. The second-order valence-electron chi connectivity index (χ2n) is 4.63. The summed E-state index contributed by atoms with van der Waals surface area (Å²) in [5, 5.41) is 19.0. The van der Waals surface area contributed by atoms with Crippen LogP contribution in [-0.2, 0) is 9.53 Å². The molecule has 0 bridgehead atoms. The molecule has 7 heteroatoms. The monoisotopic (exact) mass is 302 g/mol. The second-order valence-corrected chi connectivity index (χ2v) is 4.63. The van der Waals surface area contributed by atoms with E-state index in [-0.39, 0.29) is 0 Å². The molecule has 0 saturated heterocycles. The number of aryl methyl sites for hydroxylation is 1. The quantitative estimate of drug-likeness (QED) is 0.873.